The highest BCUT2D eigenvalue weighted by Gasteiger charge is 2.18. The van der Waals surface area contributed by atoms with Crippen molar-refractivity contribution in [1.82, 2.24) is 9.97 Å². The number of aromatic hydroxyl groups is 1. The third-order valence-corrected chi connectivity index (χ3v) is 5.11. The van der Waals surface area contributed by atoms with Crippen molar-refractivity contribution in [1.29, 1.82) is 0 Å². The highest BCUT2D eigenvalue weighted by atomic mass is 79.9. The minimum Gasteiger partial charge on any atom is -0.506 e. The van der Waals surface area contributed by atoms with Crippen LogP contribution >= 0.6 is 27.5 Å². The van der Waals surface area contributed by atoms with Gasteiger partial charge < -0.3 is 19.2 Å². The average Bonchev–Trinajstić information content (AvgIpc) is 3.21. The molecule has 156 valence electrons. The zero-order valence-electron chi connectivity index (χ0n) is 15.6. The Morgan fingerprint density at radius 2 is 2.07 bits per heavy atom. The number of phenolic OH excluding ortho intramolecular Hbond substituents is 1. The normalized spacial score (nSPS) is 14.6. The van der Waals surface area contributed by atoms with Gasteiger partial charge >= 0.3 is 0 Å². The van der Waals surface area contributed by atoms with Gasteiger partial charge in [0.2, 0.25) is 0 Å². The van der Waals surface area contributed by atoms with Crippen LogP contribution in [0.25, 0.3) is 11.3 Å². The van der Waals surface area contributed by atoms with Crippen molar-refractivity contribution in [3.05, 3.63) is 51.5 Å². The Balaban J connectivity index is 1.47. The Bertz CT molecular complexity index is 1090. The van der Waals surface area contributed by atoms with Crippen LogP contribution in [0.3, 0.4) is 0 Å². The number of hydrogen-bond acceptors (Lipinski definition) is 8. The van der Waals surface area contributed by atoms with E-state index in [0.717, 1.165) is 6.20 Å². The van der Waals surface area contributed by atoms with E-state index < -0.39 is 5.82 Å². The number of nitrogens with zero attached hydrogens (tertiary/aromatic N) is 5. The standard InChI is InChI=1S/C19H16BrClFN5O3/c20-11-7-13(17(28)14(21)8-11)16-2-1-12(30-16)9-24-26-19-23-10-15(22)18(25-19)27-3-5-29-6-4-27/h1-2,7-8,10,28H,3-6,9H2. The van der Waals surface area contributed by atoms with E-state index in [-0.39, 0.29) is 29.1 Å². The van der Waals surface area contributed by atoms with Gasteiger partial charge in [0.25, 0.3) is 5.95 Å². The molecule has 3 aromatic rings. The van der Waals surface area contributed by atoms with Gasteiger partial charge in [-0.05, 0) is 24.3 Å². The zero-order valence-corrected chi connectivity index (χ0v) is 17.9. The number of morpholine rings is 1. The van der Waals surface area contributed by atoms with Crippen molar-refractivity contribution >= 4 is 39.3 Å². The fraction of sp³-hybridized carbons (Fsp3) is 0.263. The third kappa shape index (κ3) is 4.61. The first-order chi connectivity index (χ1) is 14.5. The van der Waals surface area contributed by atoms with Crippen LogP contribution in [0.15, 0.2) is 49.6 Å². The molecule has 30 heavy (non-hydrogen) atoms. The molecule has 11 heteroatoms. The quantitative estimate of drug-likeness (QED) is 0.493. The molecule has 0 unspecified atom stereocenters. The average molecular weight is 497 g/mol. The van der Waals surface area contributed by atoms with E-state index in [9.17, 15) is 9.50 Å². The largest absolute Gasteiger partial charge is 0.506 e. The Morgan fingerprint density at radius 3 is 2.87 bits per heavy atom. The fourth-order valence-corrected chi connectivity index (χ4v) is 3.73. The molecule has 1 N–H and O–H groups in total. The van der Waals surface area contributed by atoms with Crippen molar-refractivity contribution in [2.24, 2.45) is 10.2 Å². The van der Waals surface area contributed by atoms with Crippen molar-refractivity contribution < 1.29 is 18.7 Å². The summed E-state index contributed by atoms with van der Waals surface area (Å²) in [5.41, 5.74) is 0.453. The van der Waals surface area contributed by atoms with Gasteiger partial charge in [-0.15, -0.1) is 5.11 Å². The molecule has 3 heterocycles. The van der Waals surface area contributed by atoms with Gasteiger partial charge in [0.1, 0.15) is 23.8 Å². The van der Waals surface area contributed by atoms with Crippen LogP contribution in [0.4, 0.5) is 16.2 Å². The number of rotatable bonds is 5. The predicted octanol–water partition coefficient (Wildman–Crippen LogP) is 5.12. The number of hydrogen-bond donors (Lipinski definition) is 1. The smallest absolute Gasteiger partial charge is 0.270 e. The Kier molecular flexibility index (Phi) is 6.26. The van der Waals surface area contributed by atoms with Gasteiger partial charge in [-0.25, -0.2) is 9.37 Å². The molecule has 1 fully saturated rings. The molecule has 0 bridgehead atoms. The predicted molar refractivity (Wildman–Crippen MR) is 112 cm³/mol. The van der Waals surface area contributed by atoms with E-state index in [4.69, 9.17) is 20.8 Å². The molecule has 1 aliphatic heterocycles. The number of phenols is 1. The monoisotopic (exact) mass is 495 g/mol. The molecule has 4 rings (SSSR count). The third-order valence-electron chi connectivity index (χ3n) is 4.37. The van der Waals surface area contributed by atoms with Gasteiger partial charge in [-0.3, -0.25) is 0 Å². The zero-order chi connectivity index (χ0) is 21.1. The highest BCUT2D eigenvalue weighted by Crippen LogP contribution is 2.38. The summed E-state index contributed by atoms with van der Waals surface area (Å²) >= 11 is 9.34. The van der Waals surface area contributed by atoms with Gasteiger partial charge in [-0.2, -0.15) is 10.1 Å². The van der Waals surface area contributed by atoms with E-state index >= 15 is 0 Å². The highest BCUT2D eigenvalue weighted by molar-refractivity contribution is 9.10. The SMILES string of the molecule is Oc1c(Cl)cc(Br)cc1-c1ccc(CN=Nc2ncc(F)c(N3CCOCC3)n2)o1. The molecule has 8 nitrogen and oxygen atoms in total. The molecule has 2 aromatic heterocycles. The summed E-state index contributed by atoms with van der Waals surface area (Å²) < 4.78 is 25.8. The van der Waals surface area contributed by atoms with E-state index in [0.29, 0.717) is 47.9 Å². The Hall–Kier alpha value is -2.56. The van der Waals surface area contributed by atoms with E-state index in [1.807, 2.05) is 0 Å². The summed E-state index contributed by atoms with van der Waals surface area (Å²) in [6.45, 7) is 2.24. The van der Waals surface area contributed by atoms with Gasteiger partial charge in [0.05, 0.1) is 30.0 Å². The number of furan rings is 1. The first-order valence-corrected chi connectivity index (χ1v) is 10.2. The fourth-order valence-electron chi connectivity index (χ4n) is 2.92. The Morgan fingerprint density at radius 1 is 1.27 bits per heavy atom. The van der Waals surface area contributed by atoms with Crippen molar-refractivity contribution in [2.75, 3.05) is 31.2 Å². The molecule has 0 atom stereocenters. The topological polar surface area (TPSA) is 96.3 Å². The van der Waals surface area contributed by atoms with Crippen LogP contribution in [0.2, 0.25) is 5.02 Å². The minimum absolute atomic E-state index is 0.0566. The van der Waals surface area contributed by atoms with Gasteiger partial charge in [0.15, 0.2) is 11.6 Å². The maximum absolute atomic E-state index is 14.1. The summed E-state index contributed by atoms with van der Waals surface area (Å²) in [6.07, 6.45) is 1.08. The summed E-state index contributed by atoms with van der Waals surface area (Å²) in [6, 6.07) is 6.71. The van der Waals surface area contributed by atoms with Crippen molar-refractivity contribution in [3.63, 3.8) is 0 Å². The number of azo groups is 1. The van der Waals surface area contributed by atoms with Gasteiger partial charge in [-0.1, -0.05) is 27.5 Å². The van der Waals surface area contributed by atoms with Crippen molar-refractivity contribution in [3.8, 4) is 17.1 Å². The molecule has 1 aromatic carbocycles. The van der Waals surface area contributed by atoms with Crippen LogP contribution in [-0.4, -0.2) is 41.4 Å². The number of anilines is 1. The molecule has 0 amide bonds. The van der Waals surface area contributed by atoms with Gasteiger partial charge in [0, 0.05) is 17.6 Å². The number of benzene rings is 1. The van der Waals surface area contributed by atoms with Crippen LogP contribution in [0, 0.1) is 5.82 Å². The molecule has 1 saturated heterocycles. The lowest BCUT2D eigenvalue weighted by atomic mass is 10.1. The first kappa shape index (κ1) is 20.7. The molecular weight excluding hydrogens is 481 g/mol. The lowest BCUT2D eigenvalue weighted by molar-refractivity contribution is 0.122. The van der Waals surface area contributed by atoms with E-state index in [1.54, 1.807) is 29.2 Å². The minimum atomic E-state index is -0.515. The lowest BCUT2D eigenvalue weighted by Crippen LogP contribution is -2.37. The number of halogens is 3. The molecular formula is C19H16BrClFN5O3. The van der Waals surface area contributed by atoms with Crippen LogP contribution in [0.1, 0.15) is 5.76 Å². The molecule has 1 aliphatic rings. The van der Waals surface area contributed by atoms with Crippen LogP contribution in [0.5, 0.6) is 5.75 Å². The maximum Gasteiger partial charge on any atom is 0.270 e. The second-order valence-corrected chi connectivity index (χ2v) is 7.71. The second kappa shape index (κ2) is 9.07. The molecule has 0 aliphatic carbocycles. The molecule has 0 saturated carbocycles. The van der Waals surface area contributed by atoms with E-state index in [1.165, 1.54) is 0 Å². The Labute approximate surface area is 184 Å². The lowest BCUT2D eigenvalue weighted by Gasteiger charge is -2.27. The number of ether oxygens (including phenoxy) is 1. The first-order valence-electron chi connectivity index (χ1n) is 9.01. The summed E-state index contributed by atoms with van der Waals surface area (Å²) in [7, 11) is 0. The van der Waals surface area contributed by atoms with E-state index in [2.05, 4.69) is 36.1 Å². The molecule has 0 radical (unpaired) electrons. The van der Waals surface area contributed by atoms with Crippen molar-refractivity contribution in [2.45, 2.75) is 6.54 Å². The number of aromatic nitrogens is 2. The van der Waals surface area contributed by atoms with Crippen LogP contribution < -0.4 is 4.90 Å². The summed E-state index contributed by atoms with van der Waals surface area (Å²) in [5.74, 6) is 0.607. The maximum atomic E-state index is 14.1. The van der Waals surface area contributed by atoms with Crippen LogP contribution in [-0.2, 0) is 11.3 Å². The second-order valence-electron chi connectivity index (χ2n) is 6.39. The molecule has 0 spiro atoms. The summed E-state index contributed by atoms with van der Waals surface area (Å²) in [4.78, 5) is 9.80. The summed E-state index contributed by atoms with van der Waals surface area (Å²) in [5, 5.41) is 18.4.